The van der Waals surface area contributed by atoms with Crippen molar-refractivity contribution < 1.29 is 0 Å². The molecule has 4 aromatic rings. The maximum Gasteiger partial charge on any atom is 0.0502 e. The van der Waals surface area contributed by atoms with Gasteiger partial charge in [-0.2, -0.15) is 0 Å². The molecule has 0 bridgehead atoms. The van der Waals surface area contributed by atoms with Crippen LogP contribution in [0.1, 0.15) is 75.1 Å². The lowest BCUT2D eigenvalue weighted by molar-refractivity contribution is 0.215. The number of anilines is 3. The third kappa shape index (κ3) is 3.36. The first-order valence-corrected chi connectivity index (χ1v) is 14.2. The van der Waals surface area contributed by atoms with Crippen LogP contribution in [0.15, 0.2) is 91.0 Å². The highest BCUT2D eigenvalue weighted by atomic mass is 15.2. The zero-order chi connectivity index (χ0) is 25.2. The lowest BCUT2D eigenvalue weighted by atomic mass is 9.59. The van der Waals surface area contributed by atoms with Crippen LogP contribution in [0, 0.1) is 5.92 Å². The number of nitrogens with zero attached hydrogens (tertiary/aromatic N) is 1. The van der Waals surface area contributed by atoms with E-state index in [1.165, 1.54) is 77.0 Å². The molecule has 0 radical (unpaired) electrons. The van der Waals surface area contributed by atoms with E-state index in [0.717, 1.165) is 12.3 Å². The summed E-state index contributed by atoms with van der Waals surface area (Å²) < 4.78 is 0. The Morgan fingerprint density at radius 1 is 0.622 bits per heavy atom. The average molecular weight is 484 g/mol. The smallest absolute Gasteiger partial charge is 0.0502 e. The zero-order valence-corrected chi connectivity index (χ0v) is 22.4. The minimum atomic E-state index is -0.0376. The first kappa shape index (κ1) is 22.8. The Hall–Kier alpha value is -3.32. The Kier molecular flexibility index (Phi) is 5.15. The predicted octanol–water partition coefficient (Wildman–Crippen LogP) is 9.86. The molecule has 7 rings (SSSR count). The van der Waals surface area contributed by atoms with Gasteiger partial charge in [-0.15, -0.1) is 0 Å². The fraction of sp³-hybridized carbons (Fsp3) is 0.333. The Morgan fingerprint density at radius 3 is 1.95 bits per heavy atom. The minimum Gasteiger partial charge on any atom is -0.310 e. The Balaban J connectivity index is 1.44. The monoisotopic (exact) mass is 483 g/mol. The van der Waals surface area contributed by atoms with E-state index in [4.69, 9.17) is 0 Å². The van der Waals surface area contributed by atoms with Crippen molar-refractivity contribution in [2.75, 3.05) is 4.90 Å². The van der Waals surface area contributed by atoms with Crippen molar-refractivity contribution in [2.45, 2.75) is 70.1 Å². The molecule has 1 atom stereocenters. The second-order valence-electron chi connectivity index (χ2n) is 12.3. The molecule has 2 aliphatic carbocycles. The molecule has 1 fully saturated rings. The van der Waals surface area contributed by atoms with Crippen LogP contribution in [0.4, 0.5) is 17.1 Å². The zero-order valence-electron chi connectivity index (χ0n) is 22.4. The molecule has 4 aromatic carbocycles. The molecule has 1 heteroatoms. The number of hydrogen-bond donors (Lipinski definition) is 0. The Bertz CT molecular complexity index is 1440. The van der Waals surface area contributed by atoms with Gasteiger partial charge in [0, 0.05) is 11.1 Å². The molecule has 0 amide bonds. The van der Waals surface area contributed by atoms with E-state index in [-0.39, 0.29) is 10.8 Å². The first-order chi connectivity index (χ1) is 18.0. The second-order valence-corrected chi connectivity index (χ2v) is 12.3. The summed E-state index contributed by atoms with van der Waals surface area (Å²) in [7, 11) is 0. The summed E-state index contributed by atoms with van der Waals surface area (Å²) >= 11 is 0. The third-order valence-electron chi connectivity index (χ3n) is 9.88. The van der Waals surface area contributed by atoms with Crippen LogP contribution in [0.2, 0.25) is 0 Å². The molecule has 0 aromatic heterocycles. The standard InChI is InChI=1S/C36H37N/c1-35(2)31-17-9-11-19-33(31)37(34-20-12-10-18-32(34)35)27-21-22-30-29(23-27)28-16-8-7-13-25(28)24-36(30,3)26-14-5-4-6-15-26/h7-13,16-23,26H,4-6,14-15,24H2,1-3H3. The van der Waals surface area contributed by atoms with Gasteiger partial charge in [0.25, 0.3) is 0 Å². The highest BCUT2D eigenvalue weighted by molar-refractivity contribution is 5.88. The van der Waals surface area contributed by atoms with E-state index in [1.54, 1.807) is 5.56 Å². The lowest BCUT2D eigenvalue weighted by Gasteiger charge is -2.46. The summed E-state index contributed by atoms with van der Waals surface area (Å²) in [5.41, 5.74) is 12.7. The van der Waals surface area contributed by atoms with Crippen molar-refractivity contribution >= 4 is 17.1 Å². The third-order valence-corrected chi connectivity index (χ3v) is 9.88. The van der Waals surface area contributed by atoms with Crippen molar-refractivity contribution in [3.63, 3.8) is 0 Å². The summed E-state index contributed by atoms with van der Waals surface area (Å²) in [6.07, 6.45) is 8.05. The number of fused-ring (bicyclic) bond motifs is 5. The molecule has 37 heavy (non-hydrogen) atoms. The van der Waals surface area contributed by atoms with Gasteiger partial charge >= 0.3 is 0 Å². The maximum atomic E-state index is 2.56. The summed E-state index contributed by atoms with van der Waals surface area (Å²) in [5, 5.41) is 0. The lowest BCUT2D eigenvalue weighted by Crippen LogP contribution is -2.38. The van der Waals surface area contributed by atoms with Gasteiger partial charge in [-0.1, -0.05) is 107 Å². The van der Waals surface area contributed by atoms with Gasteiger partial charge in [0.15, 0.2) is 0 Å². The summed E-state index contributed by atoms with van der Waals surface area (Å²) in [4.78, 5) is 2.51. The molecule has 0 saturated heterocycles. The topological polar surface area (TPSA) is 3.24 Å². The summed E-state index contributed by atoms with van der Waals surface area (Å²) in [5.74, 6) is 0.761. The van der Waals surface area contributed by atoms with Crippen LogP contribution in [-0.2, 0) is 17.3 Å². The second kappa shape index (κ2) is 8.35. The van der Waals surface area contributed by atoms with Crippen LogP contribution < -0.4 is 4.90 Å². The molecular formula is C36H37N. The first-order valence-electron chi connectivity index (χ1n) is 14.2. The Morgan fingerprint density at radius 2 is 1.24 bits per heavy atom. The predicted molar refractivity (Wildman–Crippen MR) is 156 cm³/mol. The van der Waals surface area contributed by atoms with Crippen molar-refractivity contribution in [3.05, 3.63) is 113 Å². The van der Waals surface area contributed by atoms with Gasteiger partial charge in [0.1, 0.15) is 0 Å². The molecule has 186 valence electrons. The number of para-hydroxylation sites is 2. The molecular weight excluding hydrogens is 446 g/mol. The van der Waals surface area contributed by atoms with Crippen LogP contribution in [-0.4, -0.2) is 0 Å². The number of hydrogen-bond acceptors (Lipinski definition) is 1. The maximum absolute atomic E-state index is 2.56. The highest BCUT2D eigenvalue weighted by Crippen LogP contribution is 2.55. The average Bonchev–Trinajstić information content (AvgIpc) is 2.94. The van der Waals surface area contributed by atoms with E-state index < -0.39 is 0 Å². The number of rotatable bonds is 2. The molecule has 3 aliphatic rings. The van der Waals surface area contributed by atoms with Crippen molar-refractivity contribution in [2.24, 2.45) is 5.92 Å². The number of benzene rings is 4. The van der Waals surface area contributed by atoms with Crippen LogP contribution in [0.5, 0.6) is 0 Å². The molecule has 0 N–H and O–H groups in total. The molecule has 1 nitrogen and oxygen atoms in total. The van der Waals surface area contributed by atoms with Crippen molar-refractivity contribution in [1.82, 2.24) is 0 Å². The van der Waals surface area contributed by atoms with Crippen LogP contribution in [0.25, 0.3) is 11.1 Å². The van der Waals surface area contributed by atoms with Crippen LogP contribution >= 0.6 is 0 Å². The fourth-order valence-electron chi connectivity index (χ4n) is 7.87. The Labute approximate surface area is 222 Å². The summed E-state index contributed by atoms with van der Waals surface area (Å²) in [6.45, 7) is 7.28. The van der Waals surface area contributed by atoms with Gasteiger partial charge < -0.3 is 4.90 Å². The van der Waals surface area contributed by atoms with Gasteiger partial charge in [-0.25, -0.2) is 0 Å². The molecule has 1 unspecified atom stereocenters. The van der Waals surface area contributed by atoms with Gasteiger partial charge in [-0.05, 0) is 88.2 Å². The van der Waals surface area contributed by atoms with Crippen molar-refractivity contribution in [1.29, 1.82) is 0 Å². The largest absolute Gasteiger partial charge is 0.310 e. The van der Waals surface area contributed by atoms with E-state index in [9.17, 15) is 0 Å². The molecule has 1 heterocycles. The van der Waals surface area contributed by atoms with Gasteiger partial charge in [-0.3, -0.25) is 0 Å². The summed E-state index contributed by atoms with van der Waals surface area (Å²) in [6, 6.07) is 34.5. The van der Waals surface area contributed by atoms with Gasteiger partial charge in [0.2, 0.25) is 0 Å². The molecule has 1 aliphatic heterocycles. The van der Waals surface area contributed by atoms with E-state index >= 15 is 0 Å². The molecule has 0 spiro atoms. The van der Waals surface area contributed by atoms with Crippen LogP contribution in [0.3, 0.4) is 0 Å². The highest BCUT2D eigenvalue weighted by Gasteiger charge is 2.42. The fourth-order valence-corrected chi connectivity index (χ4v) is 7.87. The van der Waals surface area contributed by atoms with Crippen molar-refractivity contribution in [3.8, 4) is 11.1 Å². The molecule has 1 saturated carbocycles. The van der Waals surface area contributed by atoms with E-state index in [0.29, 0.717) is 0 Å². The normalized spacial score (nSPS) is 22.0. The van der Waals surface area contributed by atoms with E-state index in [2.05, 4.69) is 117 Å². The SMILES string of the molecule is CC1(C)c2ccccc2N(c2ccc3c(c2)-c2ccccc2CC3(C)C2CCCCC2)c2ccccc21. The quantitative estimate of drug-likeness (QED) is 0.274. The minimum absolute atomic E-state index is 0.0376. The van der Waals surface area contributed by atoms with Gasteiger partial charge in [0.05, 0.1) is 11.4 Å². The van der Waals surface area contributed by atoms with E-state index in [1.807, 2.05) is 0 Å².